The highest BCUT2D eigenvalue weighted by molar-refractivity contribution is 6.13. The second-order valence-corrected chi connectivity index (χ2v) is 18.7. The highest BCUT2D eigenvalue weighted by Crippen LogP contribution is 2.38. The van der Waals surface area contributed by atoms with Gasteiger partial charge in [0, 0.05) is 115 Å². The average molecular weight is 1100 g/mol. The summed E-state index contributed by atoms with van der Waals surface area (Å²) in [6.45, 7) is 1.74. The molecule has 0 saturated carbocycles. The number of benzene rings is 2. The maximum atomic E-state index is 14.4. The van der Waals surface area contributed by atoms with Crippen molar-refractivity contribution in [2.24, 2.45) is 7.05 Å². The molecule has 0 aliphatic carbocycles. The van der Waals surface area contributed by atoms with Gasteiger partial charge in [0.2, 0.25) is 17.7 Å². The number of carbonyl (C=O) groups excluding carboxylic acids is 9. The van der Waals surface area contributed by atoms with Crippen LogP contribution in [0.4, 0.5) is 28.7 Å². The number of pyridine rings is 2. The van der Waals surface area contributed by atoms with E-state index in [2.05, 4.69) is 56.9 Å². The van der Waals surface area contributed by atoms with Crippen LogP contribution >= 0.6 is 0 Å². The number of amides is 8. The van der Waals surface area contributed by atoms with E-state index in [0.29, 0.717) is 65.1 Å². The lowest BCUT2D eigenvalue weighted by molar-refractivity contribution is -0.138. The Labute approximate surface area is 459 Å². The number of hydrogen-bond donors (Lipinski definition) is 6. The monoisotopic (exact) mass is 1100 g/mol. The molecule has 8 rings (SSSR count). The van der Waals surface area contributed by atoms with E-state index >= 15 is 0 Å². The first-order valence-corrected chi connectivity index (χ1v) is 25.8. The summed E-state index contributed by atoms with van der Waals surface area (Å²) in [4.78, 5) is 134. The van der Waals surface area contributed by atoms with Gasteiger partial charge in [-0.15, -0.1) is 0 Å². The van der Waals surface area contributed by atoms with Crippen LogP contribution in [0.5, 0.6) is 5.75 Å². The van der Waals surface area contributed by atoms with Crippen LogP contribution in [0, 0.1) is 0 Å². The molecular formula is C54H61N15O11. The van der Waals surface area contributed by atoms with E-state index in [1.807, 2.05) is 18.2 Å². The zero-order chi connectivity index (χ0) is 56.9. The molecule has 6 N–H and O–H groups in total. The van der Waals surface area contributed by atoms with Crippen molar-refractivity contribution in [3.05, 3.63) is 108 Å². The fraction of sp³-hybridized carbons (Fsp3) is 0.352. The van der Waals surface area contributed by atoms with E-state index in [1.54, 1.807) is 53.3 Å². The SMILES string of the molecule is CNC(=O)CCC(C=O)N1Cc2cc(N3CCN(C(=O)C(CCNC(=O)CCOCCN4C(=O)C=CC4=O)NC(=O)c4ccc(Nc5cc(Nc6cccc(-c7ncn(C)n7)c6OC)c(C(=O)NC)cn5)nc4)CC3)ccc2C1=O. The second-order valence-electron chi connectivity index (χ2n) is 18.7. The van der Waals surface area contributed by atoms with Gasteiger partial charge in [-0.05, 0) is 60.9 Å². The van der Waals surface area contributed by atoms with Crippen LogP contribution in [0.15, 0.2) is 85.5 Å². The maximum Gasteiger partial charge on any atom is 0.255 e. The third kappa shape index (κ3) is 13.6. The van der Waals surface area contributed by atoms with Gasteiger partial charge in [-0.2, -0.15) is 5.10 Å². The number of para-hydroxylation sites is 1. The number of imide groups is 1. The van der Waals surface area contributed by atoms with E-state index < -0.39 is 35.7 Å². The smallest absolute Gasteiger partial charge is 0.255 e. The van der Waals surface area contributed by atoms with Crippen molar-refractivity contribution in [3.63, 3.8) is 0 Å². The molecule has 80 heavy (non-hydrogen) atoms. The number of aryl methyl sites for hydroxylation is 1. The minimum atomic E-state index is -1.08. The van der Waals surface area contributed by atoms with Crippen LogP contribution in [0.1, 0.15) is 62.3 Å². The molecule has 0 radical (unpaired) electrons. The molecule has 26 heteroatoms. The second kappa shape index (κ2) is 26.2. The fourth-order valence-corrected chi connectivity index (χ4v) is 9.23. The van der Waals surface area contributed by atoms with Gasteiger partial charge in [0.05, 0.1) is 61.0 Å². The summed E-state index contributed by atoms with van der Waals surface area (Å²) < 4.78 is 12.8. The first-order valence-electron chi connectivity index (χ1n) is 25.8. The van der Waals surface area contributed by atoms with Crippen molar-refractivity contribution >= 4 is 82.2 Å². The van der Waals surface area contributed by atoms with E-state index in [4.69, 9.17) is 9.47 Å². The van der Waals surface area contributed by atoms with E-state index in [1.165, 1.54) is 56.7 Å². The molecule has 2 unspecified atom stereocenters. The molecule has 1 fully saturated rings. The molecule has 3 aromatic heterocycles. The lowest BCUT2D eigenvalue weighted by Crippen LogP contribution is -2.55. The van der Waals surface area contributed by atoms with E-state index in [9.17, 15) is 43.2 Å². The van der Waals surface area contributed by atoms with E-state index in [-0.39, 0.29) is 106 Å². The Morgan fingerprint density at radius 1 is 0.775 bits per heavy atom. The topological polar surface area (TPSA) is 314 Å². The molecule has 3 aliphatic rings. The number of nitrogens with one attached hydrogen (secondary N) is 6. The maximum absolute atomic E-state index is 14.4. The first kappa shape index (κ1) is 56.6. The molecule has 2 atom stereocenters. The molecule has 1 saturated heterocycles. The lowest BCUT2D eigenvalue weighted by Gasteiger charge is -2.38. The van der Waals surface area contributed by atoms with Gasteiger partial charge in [-0.25, -0.2) is 15.0 Å². The van der Waals surface area contributed by atoms with Crippen molar-refractivity contribution in [2.45, 2.75) is 44.3 Å². The molecular weight excluding hydrogens is 1030 g/mol. The molecule has 0 spiro atoms. The van der Waals surface area contributed by atoms with Crippen molar-refractivity contribution < 1.29 is 52.6 Å². The average Bonchev–Trinajstić information content (AvgIpc) is 4.16. The van der Waals surface area contributed by atoms with Crippen molar-refractivity contribution in [1.29, 1.82) is 0 Å². The van der Waals surface area contributed by atoms with Gasteiger partial charge in [0.1, 0.15) is 30.3 Å². The van der Waals surface area contributed by atoms with Crippen molar-refractivity contribution in [2.75, 3.05) is 89.2 Å². The van der Waals surface area contributed by atoms with Crippen molar-refractivity contribution in [3.8, 4) is 17.1 Å². The molecule has 3 aliphatic heterocycles. The largest absolute Gasteiger partial charge is 0.494 e. The number of fused-ring (bicyclic) bond motifs is 1. The Kier molecular flexibility index (Phi) is 18.5. The van der Waals surface area contributed by atoms with Crippen LogP contribution < -0.4 is 41.5 Å². The minimum absolute atomic E-state index is 0.0123. The number of rotatable bonds is 25. The van der Waals surface area contributed by atoms with Crippen LogP contribution in [0.3, 0.4) is 0 Å². The zero-order valence-corrected chi connectivity index (χ0v) is 44.5. The number of ether oxygens (including phenoxy) is 2. The van der Waals surface area contributed by atoms with Gasteiger partial charge in [0.15, 0.2) is 11.6 Å². The molecule has 0 bridgehead atoms. The quantitative estimate of drug-likeness (QED) is 0.0274. The molecule has 8 amide bonds. The number of hydrogen-bond acceptors (Lipinski definition) is 18. The first-order chi connectivity index (χ1) is 38.7. The summed E-state index contributed by atoms with van der Waals surface area (Å²) in [5, 5.41) is 21.6. The zero-order valence-electron chi connectivity index (χ0n) is 44.5. The normalized spacial score (nSPS) is 14.6. The fourth-order valence-electron chi connectivity index (χ4n) is 9.23. The Bertz CT molecular complexity index is 3180. The van der Waals surface area contributed by atoms with Crippen LogP contribution in [-0.4, -0.2) is 179 Å². The van der Waals surface area contributed by atoms with Crippen molar-refractivity contribution in [1.82, 2.24) is 60.7 Å². The summed E-state index contributed by atoms with van der Waals surface area (Å²) in [6.07, 6.45) is 7.63. The number of aromatic nitrogens is 5. The molecule has 5 aromatic rings. The summed E-state index contributed by atoms with van der Waals surface area (Å²) in [5.41, 5.74) is 3.93. The standard InChI is InChI=1S/C54H61N15O11/c1-55-45(71)13-10-36(31-70)69-30-34-26-35(9-11-37(34)53(69)77)66-19-21-67(22-20-66)54(78)41(16-18-57-46(72)17-24-80-25-23-68-47(73)14-15-48(68)74)62-51(75)33-8-12-43(58-28-33)63-44-27-42(39(29-59-44)52(76)56-2)61-40-7-5-6-38(49(40)79-4)50-60-32-65(3)64-50/h5-9,11-12,14-15,26-29,31-32,36,41H,10,13,16-25,30H2,1-4H3,(H,55,71)(H,56,76)(H,57,72)(H,62,75)(H2,58,59,61,63). The van der Waals surface area contributed by atoms with Crippen LogP contribution in [0.2, 0.25) is 0 Å². The Morgan fingerprint density at radius 3 is 2.24 bits per heavy atom. The summed E-state index contributed by atoms with van der Waals surface area (Å²) in [7, 11) is 6.28. The van der Waals surface area contributed by atoms with Gasteiger partial charge in [0.25, 0.3) is 29.5 Å². The highest BCUT2D eigenvalue weighted by atomic mass is 16.5. The van der Waals surface area contributed by atoms with Gasteiger partial charge >= 0.3 is 0 Å². The lowest BCUT2D eigenvalue weighted by atomic mass is 10.1. The van der Waals surface area contributed by atoms with E-state index in [0.717, 1.165) is 16.2 Å². The number of nitrogens with zero attached hydrogens (tertiary/aromatic N) is 9. The van der Waals surface area contributed by atoms with Crippen LogP contribution in [0.25, 0.3) is 11.4 Å². The van der Waals surface area contributed by atoms with Gasteiger partial charge in [-0.3, -0.25) is 47.9 Å². The number of methoxy groups -OCH3 is 1. The number of anilines is 5. The molecule has 418 valence electrons. The number of aldehydes is 1. The van der Waals surface area contributed by atoms with Gasteiger partial charge < -0.3 is 60.9 Å². The summed E-state index contributed by atoms with van der Waals surface area (Å²) in [6, 6.07) is 13.7. The van der Waals surface area contributed by atoms with Gasteiger partial charge in [-0.1, -0.05) is 6.07 Å². The minimum Gasteiger partial charge on any atom is -0.494 e. The Balaban J connectivity index is 0.912. The Hall–Kier alpha value is -9.59. The summed E-state index contributed by atoms with van der Waals surface area (Å²) >= 11 is 0. The third-order valence-corrected chi connectivity index (χ3v) is 13.6. The number of piperazine rings is 1. The molecule has 6 heterocycles. The number of carbonyl (C=O) groups is 9. The Morgan fingerprint density at radius 2 is 1.55 bits per heavy atom. The summed E-state index contributed by atoms with van der Waals surface area (Å²) in [5.74, 6) is -1.65. The predicted octanol–water partition coefficient (Wildman–Crippen LogP) is 1.46. The highest BCUT2D eigenvalue weighted by Gasteiger charge is 2.35. The predicted molar refractivity (Wildman–Crippen MR) is 290 cm³/mol. The molecule has 2 aromatic carbocycles. The third-order valence-electron chi connectivity index (χ3n) is 13.6. The van der Waals surface area contributed by atoms with Crippen LogP contribution in [-0.2, 0) is 47.1 Å². The molecule has 26 nitrogen and oxygen atoms in total.